The fourth-order valence-electron chi connectivity index (χ4n) is 1.87. The van der Waals surface area contributed by atoms with Gasteiger partial charge < -0.3 is 15.5 Å². The van der Waals surface area contributed by atoms with E-state index >= 15 is 0 Å². The van der Waals surface area contributed by atoms with E-state index in [2.05, 4.69) is 5.16 Å². The number of aromatic nitrogens is 1. The van der Waals surface area contributed by atoms with Crippen LogP contribution in [0, 0.1) is 0 Å². The number of aryl methyl sites for hydroxylation is 1. The molecule has 0 aliphatic heterocycles. The number of alkyl halides is 3. The summed E-state index contributed by atoms with van der Waals surface area (Å²) >= 11 is -0.0410. The standard InChI is InChI=1S/C12H12F3N3OS/c13-12(14,15)20-6-5-18-4-3-8-7-9(11(16)17-19)1-2-10(8)18/h1-4,7,19H,5-6H2,(H2,16,17). The lowest BCUT2D eigenvalue weighted by atomic mass is 10.1. The molecule has 3 N–H and O–H groups in total. The first kappa shape index (κ1) is 14.6. The van der Waals surface area contributed by atoms with Crippen LogP contribution in [0.5, 0.6) is 0 Å². The van der Waals surface area contributed by atoms with E-state index in [0.29, 0.717) is 5.56 Å². The molecule has 8 heteroatoms. The molecule has 2 aromatic rings. The number of hydrogen-bond donors (Lipinski definition) is 2. The summed E-state index contributed by atoms with van der Waals surface area (Å²) < 4.78 is 38.0. The number of amidine groups is 1. The highest BCUT2D eigenvalue weighted by Gasteiger charge is 2.27. The first-order valence-electron chi connectivity index (χ1n) is 5.68. The van der Waals surface area contributed by atoms with Gasteiger partial charge in [-0.3, -0.25) is 0 Å². The van der Waals surface area contributed by atoms with Gasteiger partial charge in [0.2, 0.25) is 0 Å². The van der Waals surface area contributed by atoms with Crippen molar-refractivity contribution in [2.24, 2.45) is 10.9 Å². The monoisotopic (exact) mass is 303 g/mol. The number of oxime groups is 1. The van der Waals surface area contributed by atoms with Gasteiger partial charge in [0.05, 0.1) is 0 Å². The Kier molecular flexibility index (Phi) is 4.12. The van der Waals surface area contributed by atoms with Crippen molar-refractivity contribution in [3.05, 3.63) is 36.0 Å². The quantitative estimate of drug-likeness (QED) is 0.395. The zero-order valence-corrected chi connectivity index (χ0v) is 11.1. The van der Waals surface area contributed by atoms with E-state index in [-0.39, 0.29) is 29.9 Å². The molecule has 0 saturated carbocycles. The molecule has 0 aliphatic carbocycles. The van der Waals surface area contributed by atoms with Crippen molar-refractivity contribution >= 4 is 28.5 Å². The van der Waals surface area contributed by atoms with E-state index in [1.165, 1.54) is 0 Å². The van der Waals surface area contributed by atoms with Gasteiger partial charge >= 0.3 is 5.51 Å². The molecular formula is C12H12F3N3OS. The lowest BCUT2D eigenvalue weighted by molar-refractivity contribution is -0.0328. The number of rotatable bonds is 4. The van der Waals surface area contributed by atoms with Gasteiger partial charge in [-0.1, -0.05) is 5.16 Å². The summed E-state index contributed by atoms with van der Waals surface area (Å²) in [5.41, 5.74) is 2.64. The molecule has 0 spiro atoms. The molecule has 108 valence electrons. The van der Waals surface area contributed by atoms with Gasteiger partial charge in [0, 0.05) is 35.0 Å². The smallest absolute Gasteiger partial charge is 0.409 e. The highest BCUT2D eigenvalue weighted by atomic mass is 32.2. The summed E-state index contributed by atoms with van der Waals surface area (Å²) in [5.74, 6) is -0.0535. The Morgan fingerprint density at radius 2 is 2.10 bits per heavy atom. The van der Waals surface area contributed by atoms with Crippen LogP contribution >= 0.6 is 11.8 Å². The Morgan fingerprint density at radius 1 is 1.35 bits per heavy atom. The molecular weight excluding hydrogens is 291 g/mol. The molecule has 0 bridgehead atoms. The SMILES string of the molecule is N/C(=N/O)c1ccc2c(ccn2CCSC(F)(F)F)c1. The number of hydrogen-bond acceptors (Lipinski definition) is 3. The van der Waals surface area contributed by atoms with Crippen LogP contribution in [0.15, 0.2) is 35.6 Å². The van der Waals surface area contributed by atoms with Gasteiger partial charge in [-0.15, -0.1) is 0 Å². The molecule has 1 heterocycles. The third kappa shape index (κ3) is 3.38. The van der Waals surface area contributed by atoms with Crippen molar-refractivity contribution < 1.29 is 18.4 Å². The summed E-state index contributed by atoms with van der Waals surface area (Å²) in [4.78, 5) is 0. The molecule has 0 amide bonds. The summed E-state index contributed by atoms with van der Waals surface area (Å²) in [6.07, 6.45) is 1.72. The van der Waals surface area contributed by atoms with Gasteiger partial charge in [0.1, 0.15) is 0 Å². The van der Waals surface area contributed by atoms with E-state index in [9.17, 15) is 13.2 Å². The van der Waals surface area contributed by atoms with Crippen molar-refractivity contribution in [1.29, 1.82) is 0 Å². The number of halogens is 3. The van der Waals surface area contributed by atoms with E-state index in [1.807, 2.05) is 0 Å². The Labute approximate surface area is 117 Å². The van der Waals surface area contributed by atoms with Crippen molar-refractivity contribution in [1.82, 2.24) is 4.57 Å². The van der Waals surface area contributed by atoms with Crippen molar-refractivity contribution in [3.63, 3.8) is 0 Å². The molecule has 4 nitrogen and oxygen atoms in total. The maximum absolute atomic E-state index is 12.1. The molecule has 0 aliphatic rings. The van der Waals surface area contributed by atoms with Crippen LogP contribution in [0.25, 0.3) is 10.9 Å². The van der Waals surface area contributed by atoms with Crippen LogP contribution in [0.1, 0.15) is 5.56 Å². The van der Waals surface area contributed by atoms with E-state index in [1.54, 1.807) is 35.0 Å². The predicted octanol–water partition coefficient (Wildman–Crippen LogP) is 2.99. The second-order valence-electron chi connectivity index (χ2n) is 4.06. The van der Waals surface area contributed by atoms with Gasteiger partial charge in [-0.05, 0) is 36.0 Å². The molecule has 0 saturated heterocycles. The van der Waals surface area contributed by atoms with Crippen LogP contribution < -0.4 is 5.73 Å². The van der Waals surface area contributed by atoms with E-state index < -0.39 is 5.51 Å². The Morgan fingerprint density at radius 3 is 2.75 bits per heavy atom. The Balaban J connectivity index is 2.16. The second-order valence-corrected chi connectivity index (χ2v) is 5.22. The van der Waals surface area contributed by atoms with E-state index in [0.717, 1.165) is 10.9 Å². The summed E-state index contributed by atoms with van der Waals surface area (Å²) in [7, 11) is 0. The molecule has 2 rings (SSSR count). The number of nitrogens with zero attached hydrogens (tertiary/aromatic N) is 2. The van der Waals surface area contributed by atoms with Crippen molar-refractivity contribution in [2.45, 2.75) is 12.1 Å². The first-order valence-corrected chi connectivity index (χ1v) is 6.67. The lowest BCUT2D eigenvalue weighted by Gasteiger charge is -2.08. The minimum Gasteiger partial charge on any atom is -0.409 e. The number of thioether (sulfide) groups is 1. The molecule has 0 atom stereocenters. The Bertz CT molecular complexity index is 636. The van der Waals surface area contributed by atoms with Crippen molar-refractivity contribution in [3.8, 4) is 0 Å². The first-order chi connectivity index (χ1) is 9.40. The summed E-state index contributed by atoms with van der Waals surface area (Å²) in [5, 5.41) is 12.3. The number of benzene rings is 1. The minimum absolute atomic E-state index is 0.00715. The summed E-state index contributed by atoms with van der Waals surface area (Å²) in [6, 6.07) is 6.89. The number of fused-ring (bicyclic) bond motifs is 1. The molecule has 0 radical (unpaired) electrons. The fraction of sp³-hybridized carbons (Fsp3) is 0.250. The van der Waals surface area contributed by atoms with Crippen LogP contribution in [0.4, 0.5) is 13.2 Å². The maximum Gasteiger partial charge on any atom is 0.441 e. The summed E-state index contributed by atoms with van der Waals surface area (Å²) in [6.45, 7) is 0.261. The number of nitrogens with two attached hydrogens (primary N) is 1. The van der Waals surface area contributed by atoms with Crippen molar-refractivity contribution in [2.75, 3.05) is 5.75 Å². The third-order valence-electron chi connectivity index (χ3n) is 2.77. The molecule has 20 heavy (non-hydrogen) atoms. The fourth-order valence-corrected chi connectivity index (χ4v) is 2.39. The highest BCUT2D eigenvalue weighted by molar-refractivity contribution is 8.00. The maximum atomic E-state index is 12.1. The Hall–Kier alpha value is -1.83. The van der Waals surface area contributed by atoms with Crippen LogP contribution in [-0.2, 0) is 6.54 Å². The minimum atomic E-state index is -4.21. The lowest BCUT2D eigenvalue weighted by Crippen LogP contribution is -2.12. The van der Waals surface area contributed by atoms with Crippen LogP contribution in [0.3, 0.4) is 0 Å². The van der Waals surface area contributed by atoms with E-state index in [4.69, 9.17) is 10.9 Å². The zero-order valence-electron chi connectivity index (χ0n) is 10.3. The topological polar surface area (TPSA) is 63.5 Å². The van der Waals surface area contributed by atoms with Gasteiger partial charge in [-0.25, -0.2) is 0 Å². The van der Waals surface area contributed by atoms with Crippen LogP contribution in [-0.4, -0.2) is 26.9 Å². The van der Waals surface area contributed by atoms with Gasteiger partial charge in [0.25, 0.3) is 0 Å². The molecule has 1 aromatic heterocycles. The largest absolute Gasteiger partial charge is 0.441 e. The van der Waals surface area contributed by atoms with Gasteiger partial charge in [-0.2, -0.15) is 13.2 Å². The molecule has 1 aromatic carbocycles. The van der Waals surface area contributed by atoms with Gasteiger partial charge in [0.15, 0.2) is 5.84 Å². The third-order valence-corrected chi connectivity index (χ3v) is 3.49. The second kappa shape index (κ2) is 5.66. The molecule has 0 fully saturated rings. The molecule has 0 unspecified atom stereocenters. The predicted molar refractivity (Wildman–Crippen MR) is 73.0 cm³/mol. The zero-order chi connectivity index (χ0) is 14.8. The highest BCUT2D eigenvalue weighted by Crippen LogP contribution is 2.30. The van der Waals surface area contributed by atoms with Crippen LogP contribution in [0.2, 0.25) is 0 Å². The average molecular weight is 303 g/mol. The normalized spacial score (nSPS) is 13.1. The average Bonchev–Trinajstić information content (AvgIpc) is 2.79.